The molecule has 0 spiro atoms. The van der Waals surface area contributed by atoms with Gasteiger partial charge in [-0.3, -0.25) is 0 Å². The van der Waals surface area contributed by atoms with E-state index < -0.39 is 0 Å². The molecular weight excluding hydrogens is 440 g/mol. The van der Waals surface area contributed by atoms with Gasteiger partial charge in [-0.1, -0.05) is 29.5 Å². The van der Waals surface area contributed by atoms with Crippen LogP contribution in [0.4, 0.5) is 5.13 Å². The van der Waals surface area contributed by atoms with Gasteiger partial charge in [-0.2, -0.15) is 0 Å². The van der Waals surface area contributed by atoms with Gasteiger partial charge < -0.3 is 13.9 Å². The fraction of sp³-hybridized carbons (Fsp3) is 0.120. The number of ether oxygens (including phenoxy) is 2. The van der Waals surface area contributed by atoms with E-state index in [9.17, 15) is 0 Å². The molecule has 5 nitrogen and oxygen atoms in total. The van der Waals surface area contributed by atoms with Crippen LogP contribution >= 0.6 is 22.7 Å². The lowest BCUT2D eigenvalue weighted by atomic mass is 10.1. The largest absolute Gasteiger partial charge is 0.493 e. The lowest BCUT2D eigenvalue weighted by Gasteiger charge is -2.10. The number of hydrogen-bond donors (Lipinski definition) is 0. The number of hydrogen-bond acceptors (Lipinski definition) is 7. The number of fused-ring (bicyclic) bond motifs is 1. The minimum atomic E-state index is 0.642. The van der Waals surface area contributed by atoms with E-state index in [1.165, 1.54) is 0 Å². The summed E-state index contributed by atoms with van der Waals surface area (Å²) in [5.74, 6) is 2.00. The third kappa shape index (κ3) is 3.81. The fourth-order valence-corrected chi connectivity index (χ4v) is 5.16. The number of aryl methyl sites for hydroxylation is 1. The average molecular weight is 461 g/mol. The summed E-state index contributed by atoms with van der Waals surface area (Å²) in [6, 6.07) is 19.7. The average Bonchev–Trinajstić information content (AvgIpc) is 3.48. The molecule has 0 amide bonds. The van der Waals surface area contributed by atoms with Gasteiger partial charge in [0.05, 0.1) is 30.1 Å². The molecule has 0 aliphatic carbocycles. The smallest absolute Gasteiger partial charge is 0.210 e. The van der Waals surface area contributed by atoms with Crippen molar-refractivity contribution in [3.8, 4) is 33.4 Å². The van der Waals surface area contributed by atoms with Crippen molar-refractivity contribution in [2.75, 3.05) is 14.2 Å². The van der Waals surface area contributed by atoms with E-state index in [4.69, 9.17) is 23.9 Å². The molecule has 0 N–H and O–H groups in total. The Bertz CT molecular complexity index is 1470. The highest BCUT2D eigenvalue weighted by molar-refractivity contribution is 7.17. The van der Waals surface area contributed by atoms with Gasteiger partial charge in [-0.15, -0.1) is 11.3 Å². The summed E-state index contributed by atoms with van der Waals surface area (Å²) in [5.41, 5.74) is 2.62. The van der Waals surface area contributed by atoms with Crippen LogP contribution in [0, 0.1) is 6.92 Å². The zero-order valence-electron chi connectivity index (χ0n) is 17.8. The number of para-hydroxylation sites is 1. The molecular formula is C25H20N2O3S2. The molecule has 32 heavy (non-hydrogen) atoms. The Morgan fingerprint density at radius 2 is 1.78 bits per heavy atom. The van der Waals surface area contributed by atoms with Gasteiger partial charge in [-0.05, 0) is 48.7 Å². The maximum atomic E-state index is 6.22. The molecule has 0 aliphatic rings. The van der Waals surface area contributed by atoms with Crippen LogP contribution in [0.3, 0.4) is 0 Å². The Hall–Kier alpha value is -3.42. The van der Waals surface area contributed by atoms with Crippen LogP contribution in [0.1, 0.15) is 4.88 Å². The molecule has 3 heterocycles. The highest BCUT2D eigenvalue weighted by atomic mass is 32.1. The molecule has 0 saturated heterocycles. The van der Waals surface area contributed by atoms with Crippen LogP contribution < -0.4 is 14.8 Å². The molecule has 160 valence electrons. The molecule has 2 aromatic carbocycles. The molecule has 0 bridgehead atoms. The van der Waals surface area contributed by atoms with Gasteiger partial charge >= 0.3 is 0 Å². The van der Waals surface area contributed by atoms with E-state index in [0.717, 1.165) is 42.5 Å². The van der Waals surface area contributed by atoms with Gasteiger partial charge in [0.2, 0.25) is 5.13 Å². The van der Waals surface area contributed by atoms with E-state index in [1.54, 1.807) is 36.9 Å². The summed E-state index contributed by atoms with van der Waals surface area (Å²) in [5, 5.41) is 4.53. The number of thiazole rings is 1. The van der Waals surface area contributed by atoms with Gasteiger partial charge in [0, 0.05) is 21.9 Å². The first kappa shape index (κ1) is 20.5. The van der Waals surface area contributed by atoms with Gasteiger partial charge in [0.25, 0.3) is 0 Å². The van der Waals surface area contributed by atoms with Crippen molar-refractivity contribution in [2.24, 2.45) is 4.99 Å². The number of rotatable bonds is 5. The lowest BCUT2D eigenvalue weighted by molar-refractivity contribution is 0.355. The first-order valence-electron chi connectivity index (χ1n) is 9.97. The quantitative estimate of drug-likeness (QED) is 0.288. The standard InChI is InChI=1S/C25H20N2O3S2/c1-15-24(23-9-6-12-31-23)27-25(32-15)26-18-14-21(30-19-8-5-4-7-17(18)19)16-10-11-20(28-2)22(13-16)29-3/h4-14H,1-3H3/b26-18+. The minimum Gasteiger partial charge on any atom is -0.493 e. The Labute approximate surface area is 193 Å². The van der Waals surface area contributed by atoms with E-state index in [-0.39, 0.29) is 0 Å². The second-order valence-corrected chi connectivity index (χ2v) is 9.18. The van der Waals surface area contributed by atoms with Gasteiger partial charge in [0.1, 0.15) is 11.3 Å². The third-order valence-corrected chi connectivity index (χ3v) is 6.82. The summed E-state index contributed by atoms with van der Waals surface area (Å²) < 4.78 is 17.0. The number of thiophene rings is 1. The first-order chi connectivity index (χ1) is 15.7. The molecule has 0 radical (unpaired) electrons. The molecule has 5 aromatic rings. The zero-order valence-corrected chi connectivity index (χ0v) is 19.4. The predicted molar refractivity (Wildman–Crippen MR) is 130 cm³/mol. The topological polar surface area (TPSA) is 56.9 Å². The highest BCUT2D eigenvalue weighted by Crippen LogP contribution is 2.35. The van der Waals surface area contributed by atoms with Crippen molar-refractivity contribution in [3.05, 3.63) is 76.3 Å². The molecule has 3 aromatic heterocycles. The van der Waals surface area contributed by atoms with Gasteiger partial charge in [0.15, 0.2) is 11.5 Å². The van der Waals surface area contributed by atoms with Crippen LogP contribution in [0.2, 0.25) is 0 Å². The SMILES string of the molecule is COc1ccc(-c2c/c(=N\c3nc(-c4cccs4)c(C)s3)c3ccccc3o2)cc1OC. The minimum absolute atomic E-state index is 0.642. The van der Waals surface area contributed by atoms with Crippen LogP contribution in [-0.2, 0) is 0 Å². The van der Waals surface area contributed by atoms with Crippen molar-refractivity contribution >= 4 is 38.8 Å². The summed E-state index contributed by atoms with van der Waals surface area (Å²) >= 11 is 3.27. The number of aromatic nitrogens is 1. The maximum Gasteiger partial charge on any atom is 0.210 e. The molecule has 0 saturated carbocycles. The number of benzene rings is 2. The molecule has 0 fully saturated rings. The second-order valence-electron chi connectivity index (χ2n) is 7.05. The summed E-state index contributed by atoms with van der Waals surface area (Å²) in [6.45, 7) is 2.08. The zero-order chi connectivity index (χ0) is 22.1. The second kappa shape index (κ2) is 8.61. The molecule has 0 aliphatic heterocycles. The van der Waals surface area contributed by atoms with Crippen LogP contribution in [0.5, 0.6) is 11.5 Å². The van der Waals surface area contributed by atoms with Crippen molar-refractivity contribution in [1.29, 1.82) is 0 Å². The summed E-state index contributed by atoms with van der Waals surface area (Å²) in [6.07, 6.45) is 0. The first-order valence-corrected chi connectivity index (χ1v) is 11.7. The molecule has 5 rings (SSSR count). The summed E-state index contributed by atoms with van der Waals surface area (Å²) in [4.78, 5) is 12.0. The van der Waals surface area contributed by atoms with E-state index in [1.807, 2.05) is 54.6 Å². The normalized spacial score (nSPS) is 11.8. The monoisotopic (exact) mass is 460 g/mol. The van der Waals surface area contributed by atoms with E-state index in [0.29, 0.717) is 17.3 Å². The Morgan fingerprint density at radius 1 is 0.938 bits per heavy atom. The Kier molecular flexibility index (Phi) is 5.51. The lowest BCUT2D eigenvalue weighted by Crippen LogP contribution is -2.03. The number of nitrogens with zero attached hydrogens (tertiary/aromatic N) is 2. The van der Waals surface area contributed by atoms with Crippen molar-refractivity contribution < 1.29 is 13.9 Å². The van der Waals surface area contributed by atoms with Crippen molar-refractivity contribution in [3.63, 3.8) is 0 Å². The third-order valence-electron chi connectivity index (χ3n) is 5.07. The van der Waals surface area contributed by atoms with E-state index in [2.05, 4.69) is 18.4 Å². The molecule has 0 atom stereocenters. The molecule has 0 unspecified atom stereocenters. The predicted octanol–water partition coefficient (Wildman–Crippen LogP) is 6.84. The van der Waals surface area contributed by atoms with E-state index >= 15 is 0 Å². The molecule has 7 heteroatoms. The Balaban J connectivity index is 1.68. The Morgan fingerprint density at radius 3 is 2.56 bits per heavy atom. The van der Waals surface area contributed by atoms with Crippen molar-refractivity contribution in [2.45, 2.75) is 6.92 Å². The van der Waals surface area contributed by atoms with Crippen molar-refractivity contribution in [1.82, 2.24) is 4.98 Å². The maximum absolute atomic E-state index is 6.22. The van der Waals surface area contributed by atoms with Gasteiger partial charge in [-0.25, -0.2) is 9.98 Å². The summed E-state index contributed by atoms with van der Waals surface area (Å²) in [7, 11) is 3.24. The van der Waals surface area contributed by atoms with Crippen LogP contribution in [0.25, 0.3) is 32.9 Å². The van der Waals surface area contributed by atoms with Crippen LogP contribution in [-0.4, -0.2) is 19.2 Å². The number of methoxy groups -OCH3 is 2. The van der Waals surface area contributed by atoms with Crippen LogP contribution in [0.15, 0.2) is 75.5 Å². The fourth-order valence-electron chi connectivity index (χ4n) is 3.52. The highest BCUT2D eigenvalue weighted by Gasteiger charge is 2.13.